The second kappa shape index (κ2) is 5.21. The summed E-state index contributed by atoms with van der Waals surface area (Å²) in [6, 6.07) is 0.350. The number of nitrogens with one attached hydrogen (secondary N) is 1. The summed E-state index contributed by atoms with van der Waals surface area (Å²) >= 11 is -2.66. The molecule has 0 aliphatic rings. The molecule has 0 aliphatic carbocycles. The summed E-state index contributed by atoms with van der Waals surface area (Å²) in [7, 11) is 0. The topological polar surface area (TPSA) is 92.0 Å². The fourth-order valence-electron chi connectivity index (χ4n) is 1.75. The number of H-pyrrole nitrogens is 1. The van der Waals surface area contributed by atoms with Crippen molar-refractivity contribution in [1.29, 1.82) is 0 Å². The molecule has 2 atom stereocenters. The first-order valence-corrected chi connectivity index (χ1v) is 6.61. The second-order valence-corrected chi connectivity index (χ2v) is 5.29. The Morgan fingerprint density at radius 1 is 1.18 bits per heavy atom. The monoisotopic (exact) mass is 347 g/mol. The maximum atomic E-state index is 12.9. The van der Waals surface area contributed by atoms with Crippen LogP contribution in [0, 0.1) is 0 Å². The lowest BCUT2D eigenvalue weighted by molar-refractivity contribution is -0.142. The van der Waals surface area contributed by atoms with Gasteiger partial charge in [0.25, 0.3) is 0 Å². The van der Waals surface area contributed by atoms with E-state index < -0.39 is 56.8 Å². The molecular weight excluding hydrogens is 340 g/mol. The van der Waals surface area contributed by atoms with Crippen LogP contribution in [0.3, 0.4) is 0 Å². The summed E-state index contributed by atoms with van der Waals surface area (Å²) < 4.78 is 96.3. The molecule has 22 heavy (non-hydrogen) atoms. The molecule has 12 heteroatoms. The molecule has 0 spiro atoms. The number of nitrogens with two attached hydrogens (primary N) is 1. The molecular formula is C10H7F6N3O2S. The predicted molar refractivity (Wildman–Crippen MR) is 63.8 cm³/mol. The van der Waals surface area contributed by atoms with Gasteiger partial charge in [0.2, 0.25) is 0 Å². The highest BCUT2D eigenvalue weighted by molar-refractivity contribution is 7.79. The molecule has 1 aromatic heterocycles. The number of hydrogen-bond acceptors (Lipinski definition) is 3. The Bertz CT molecular complexity index is 739. The average Bonchev–Trinajstić information content (AvgIpc) is 2.77. The number of benzene rings is 1. The Morgan fingerprint density at radius 2 is 1.77 bits per heavy atom. The third-order valence-corrected chi connectivity index (χ3v) is 3.38. The van der Waals surface area contributed by atoms with Crippen LogP contribution in [-0.4, -0.2) is 18.7 Å². The van der Waals surface area contributed by atoms with Crippen LogP contribution in [0.15, 0.2) is 12.1 Å². The summed E-state index contributed by atoms with van der Waals surface area (Å²) in [5, 5.41) is -1.68. The summed E-state index contributed by atoms with van der Waals surface area (Å²) in [5.41, 5.74) is 0.702. The van der Waals surface area contributed by atoms with Crippen molar-refractivity contribution in [2.24, 2.45) is 5.73 Å². The molecule has 2 rings (SSSR count). The van der Waals surface area contributed by atoms with Crippen molar-refractivity contribution in [2.75, 3.05) is 0 Å². The van der Waals surface area contributed by atoms with E-state index in [0.29, 0.717) is 6.07 Å². The van der Waals surface area contributed by atoms with Gasteiger partial charge in [0.05, 0.1) is 16.6 Å². The van der Waals surface area contributed by atoms with Gasteiger partial charge in [-0.3, -0.25) is 0 Å². The van der Waals surface area contributed by atoms with Crippen molar-refractivity contribution in [3.8, 4) is 0 Å². The quantitative estimate of drug-likeness (QED) is 0.575. The Kier molecular flexibility index (Phi) is 3.96. The standard InChI is InChI=1S/C10H7F6N3O2S/c11-9(12,13)3-1-4(10(14,15)16)6-5(2-3)18-8(19-6)7(17)22(20)21/h1-2,7H,17H2,(H,18,19)(H,20,21). The molecule has 2 unspecified atom stereocenters. The number of rotatable bonds is 2. The van der Waals surface area contributed by atoms with E-state index in [1.54, 1.807) is 0 Å². The van der Waals surface area contributed by atoms with Crippen molar-refractivity contribution < 1.29 is 35.1 Å². The largest absolute Gasteiger partial charge is 0.418 e. The van der Waals surface area contributed by atoms with E-state index in [2.05, 4.69) is 9.97 Å². The Hall–Kier alpha value is -1.66. The van der Waals surface area contributed by atoms with Gasteiger partial charge in [-0.15, -0.1) is 0 Å². The molecule has 5 nitrogen and oxygen atoms in total. The van der Waals surface area contributed by atoms with Gasteiger partial charge in [0.1, 0.15) is 11.3 Å². The number of aromatic nitrogens is 2. The van der Waals surface area contributed by atoms with Gasteiger partial charge in [0.15, 0.2) is 16.5 Å². The highest BCUT2D eigenvalue weighted by Crippen LogP contribution is 2.39. The van der Waals surface area contributed by atoms with Crippen LogP contribution in [0.5, 0.6) is 0 Å². The molecule has 1 aromatic carbocycles. The number of aromatic amines is 1. The number of halogens is 6. The van der Waals surface area contributed by atoms with Gasteiger partial charge in [-0.05, 0) is 12.1 Å². The number of nitrogens with zero attached hydrogens (tertiary/aromatic N) is 1. The fraction of sp³-hybridized carbons (Fsp3) is 0.300. The van der Waals surface area contributed by atoms with Crippen molar-refractivity contribution in [1.82, 2.24) is 9.97 Å². The molecule has 2 aromatic rings. The van der Waals surface area contributed by atoms with E-state index in [4.69, 9.17) is 10.3 Å². The number of imidazole rings is 1. The van der Waals surface area contributed by atoms with Crippen LogP contribution >= 0.6 is 0 Å². The number of fused-ring (bicyclic) bond motifs is 1. The van der Waals surface area contributed by atoms with Crippen LogP contribution in [0.2, 0.25) is 0 Å². The fourth-order valence-corrected chi connectivity index (χ4v) is 2.05. The maximum Gasteiger partial charge on any atom is 0.418 e. The molecule has 0 aliphatic heterocycles. The van der Waals surface area contributed by atoms with E-state index >= 15 is 0 Å². The highest BCUT2D eigenvalue weighted by Gasteiger charge is 2.39. The van der Waals surface area contributed by atoms with E-state index in [9.17, 15) is 30.6 Å². The predicted octanol–water partition coefficient (Wildman–Crippen LogP) is 2.78. The lowest BCUT2D eigenvalue weighted by atomic mass is 10.1. The minimum atomic E-state index is -5.09. The maximum absolute atomic E-state index is 12.9. The van der Waals surface area contributed by atoms with Crippen molar-refractivity contribution in [3.05, 3.63) is 29.1 Å². The van der Waals surface area contributed by atoms with Gasteiger partial charge in [-0.2, -0.15) is 26.3 Å². The smallest absolute Gasteiger partial charge is 0.340 e. The Labute approximate surface area is 120 Å². The molecule has 0 fully saturated rings. The zero-order valence-corrected chi connectivity index (χ0v) is 11.1. The first-order valence-electron chi connectivity index (χ1n) is 5.44. The van der Waals surface area contributed by atoms with Crippen molar-refractivity contribution in [2.45, 2.75) is 17.7 Å². The minimum Gasteiger partial charge on any atom is -0.340 e. The van der Waals surface area contributed by atoms with Crippen LogP contribution in [0.1, 0.15) is 22.3 Å². The van der Waals surface area contributed by atoms with E-state index in [0.717, 1.165) is 0 Å². The van der Waals surface area contributed by atoms with Crippen LogP contribution in [0.4, 0.5) is 26.3 Å². The lowest BCUT2D eigenvalue weighted by Gasteiger charge is -2.11. The van der Waals surface area contributed by atoms with Crippen LogP contribution in [-0.2, 0) is 23.4 Å². The average molecular weight is 347 g/mol. The second-order valence-electron chi connectivity index (χ2n) is 4.23. The summed E-state index contributed by atoms with van der Waals surface area (Å²) in [5.74, 6) is -0.527. The van der Waals surface area contributed by atoms with E-state index in [1.165, 1.54) is 0 Å². The lowest BCUT2D eigenvalue weighted by Crippen LogP contribution is -2.17. The molecule has 4 N–H and O–H groups in total. The summed E-state index contributed by atoms with van der Waals surface area (Å²) in [6.45, 7) is 0. The SMILES string of the molecule is NC(c1nc2c(C(F)(F)F)cc(C(F)(F)F)cc2[nH]1)S(=O)O. The van der Waals surface area contributed by atoms with Gasteiger partial charge in [0, 0.05) is 0 Å². The molecule has 1 heterocycles. The molecule has 0 bridgehead atoms. The van der Waals surface area contributed by atoms with Gasteiger partial charge in [-0.25, -0.2) is 9.19 Å². The van der Waals surface area contributed by atoms with Gasteiger partial charge in [-0.1, -0.05) is 0 Å². The normalized spacial score (nSPS) is 16.0. The molecule has 0 radical (unpaired) electrons. The van der Waals surface area contributed by atoms with E-state index in [-0.39, 0.29) is 6.07 Å². The molecule has 0 amide bonds. The zero-order valence-electron chi connectivity index (χ0n) is 10.3. The molecule has 0 saturated carbocycles. The van der Waals surface area contributed by atoms with E-state index in [1.807, 2.05) is 0 Å². The van der Waals surface area contributed by atoms with Crippen molar-refractivity contribution >= 4 is 22.1 Å². The molecule has 122 valence electrons. The van der Waals surface area contributed by atoms with Gasteiger partial charge >= 0.3 is 12.4 Å². The third-order valence-electron chi connectivity index (χ3n) is 2.72. The molecule has 0 saturated heterocycles. The first-order chi connectivity index (χ1) is 9.91. The first kappa shape index (κ1) is 16.7. The number of hydrogen-bond donors (Lipinski definition) is 3. The third kappa shape index (κ3) is 3.08. The Morgan fingerprint density at radius 3 is 2.23 bits per heavy atom. The van der Waals surface area contributed by atoms with Crippen molar-refractivity contribution in [3.63, 3.8) is 0 Å². The summed E-state index contributed by atoms with van der Waals surface area (Å²) in [6.07, 6.45) is -10.1. The Balaban J connectivity index is 2.76. The van der Waals surface area contributed by atoms with Gasteiger partial charge < -0.3 is 15.3 Å². The van der Waals surface area contributed by atoms with Crippen LogP contribution in [0.25, 0.3) is 11.0 Å². The minimum absolute atomic E-state index is 0.0750. The zero-order chi connectivity index (χ0) is 16.9. The highest BCUT2D eigenvalue weighted by atomic mass is 32.2. The summed E-state index contributed by atoms with van der Waals surface area (Å²) in [4.78, 5) is 5.52. The van der Waals surface area contributed by atoms with Crippen LogP contribution < -0.4 is 5.73 Å². The number of alkyl halides is 6.